The zero-order valence-electron chi connectivity index (χ0n) is 14.1. The van der Waals surface area contributed by atoms with Crippen LogP contribution in [0.2, 0.25) is 0 Å². The van der Waals surface area contributed by atoms with E-state index in [-0.39, 0.29) is 17.4 Å². The number of aromatic hydroxyl groups is 1. The highest BCUT2D eigenvalue weighted by Gasteiger charge is 2.38. The van der Waals surface area contributed by atoms with E-state index in [9.17, 15) is 23.4 Å². The molecule has 0 atom stereocenters. The number of benzene rings is 1. The molecule has 0 radical (unpaired) electrons. The molecule has 1 aromatic carbocycles. The first kappa shape index (κ1) is 18.2. The van der Waals surface area contributed by atoms with Gasteiger partial charge in [-0.05, 0) is 50.5 Å². The van der Waals surface area contributed by atoms with E-state index in [0.717, 1.165) is 12.1 Å². The van der Waals surface area contributed by atoms with Gasteiger partial charge < -0.3 is 20.3 Å². The van der Waals surface area contributed by atoms with Gasteiger partial charge >= 0.3 is 6.36 Å². The highest BCUT2D eigenvalue weighted by Crippen LogP contribution is 2.36. The summed E-state index contributed by atoms with van der Waals surface area (Å²) >= 11 is 0. The maximum atomic E-state index is 12.2. The smallest absolute Gasteiger partial charge is 0.507 e. The Balaban J connectivity index is 1.77. The van der Waals surface area contributed by atoms with Gasteiger partial charge in [-0.25, -0.2) is 0 Å². The van der Waals surface area contributed by atoms with Crippen LogP contribution in [0.25, 0.3) is 11.3 Å². The summed E-state index contributed by atoms with van der Waals surface area (Å²) in [5.41, 5.74) is 0.634. The van der Waals surface area contributed by atoms with Crippen LogP contribution in [-0.2, 0) is 0 Å². The number of halogens is 3. The minimum atomic E-state index is -4.83. The minimum Gasteiger partial charge on any atom is -0.507 e. The second-order valence-electron chi connectivity index (χ2n) is 6.73. The van der Waals surface area contributed by atoms with Crippen molar-refractivity contribution in [1.82, 2.24) is 10.2 Å². The second kappa shape index (κ2) is 6.31. The first-order chi connectivity index (χ1) is 12.0. The van der Waals surface area contributed by atoms with Crippen molar-refractivity contribution >= 4 is 5.82 Å². The van der Waals surface area contributed by atoms with Gasteiger partial charge in [0.1, 0.15) is 17.3 Å². The summed E-state index contributed by atoms with van der Waals surface area (Å²) in [7, 11) is 0. The van der Waals surface area contributed by atoms with Crippen LogP contribution in [0, 0.1) is 6.92 Å². The Bertz CT molecular complexity index is 817. The molecule has 3 N–H and O–H groups in total. The fourth-order valence-electron chi connectivity index (χ4n) is 3.04. The molecule has 26 heavy (non-hydrogen) atoms. The van der Waals surface area contributed by atoms with Crippen molar-refractivity contribution in [2.24, 2.45) is 0 Å². The van der Waals surface area contributed by atoms with E-state index in [0.29, 0.717) is 29.9 Å². The van der Waals surface area contributed by atoms with E-state index in [2.05, 4.69) is 20.3 Å². The first-order valence-corrected chi connectivity index (χ1v) is 7.95. The summed E-state index contributed by atoms with van der Waals surface area (Å²) < 4.78 is 40.5. The van der Waals surface area contributed by atoms with Crippen molar-refractivity contribution in [3.63, 3.8) is 0 Å². The molecule has 3 rings (SSSR count). The minimum absolute atomic E-state index is 0.108. The molecular weight excluding hydrogens is 351 g/mol. The quantitative estimate of drug-likeness (QED) is 0.766. The van der Waals surface area contributed by atoms with E-state index >= 15 is 0 Å². The normalized spacial score (nSPS) is 22.6. The Hall–Kier alpha value is -2.55. The topological polar surface area (TPSA) is 87.5 Å². The van der Waals surface area contributed by atoms with Gasteiger partial charge in [0.15, 0.2) is 0 Å². The number of anilines is 1. The number of hydrogen-bond acceptors (Lipinski definition) is 6. The van der Waals surface area contributed by atoms with Gasteiger partial charge in [-0.2, -0.15) is 0 Å². The number of aromatic nitrogens is 2. The number of phenols is 1. The third-order valence-corrected chi connectivity index (χ3v) is 4.17. The number of aryl methyl sites for hydroxylation is 1. The molecule has 0 bridgehead atoms. The van der Waals surface area contributed by atoms with Crippen LogP contribution in [0.5, 0.6) is 11.5 Å². The Morgan fingerprint density at radius 2 is 1.92 bits per heavy atom. The van der Waals surface area contributed by atoms with Crippen LogP contribution in [0.4, 0.5) is 19.0 Å². The van der Waals surface area contributed by atoms with E-state index in [4.69, 9.17) is 0 Å². The molecule has 140 valence electrons. The average molecular weight is 369 g/mol. The summed E-state index contributed by atoms with van der Waals surface area (Å²) in [5.74, 6) is -0.372. The van der Waals surface area contributed by atoms with Gasteiger partial charge in [0.25, 0.3) is 0 Å². The Morgan fingerprint density at radius 1 is 1.23 bits per heavy atom. The lowest BCUT2D eigenvalue weighted by molar-refractivity contribution is -0.274. The standard InChI is InChI=1S/C17H18F3N3O3/c1-9-5-14(21-10-7-16(2,25)8-10)22-23-15(9)12-4-3-11(6-13(12)24)26-17(18,19)20/h3-6,10,24-25H,7-8H2,1-2H3,(H,21,22)/t10-,16+. The van der Waals surface area contributed by atoms with Gasteiger partial charge in [0.2, 0.25) is 0 Å². The van der Waals surface area contributed by atoms with E-state index < -0.39 is 17.7 Å². The lowest BCUT2D eigenvalue weighted by Crippen LogP contribution is -2.48. The van der Waals surface area contributed by atoms with Crippen molar-refractivity contribution in [2.75, 3.05) is 5.32 Å². The third kappa shape index (κ3) is 4.16. The van der Waals surface area contributed by atoms with Gasteiger partial charge in [-0.15, -0.1) is 23.4 Å². The molecule has 0 unspecified atom stereocenters. The van der Waals surface area contributed by atoms with Crippen LogP contribution in [-0.4, -0.2) is 38.4 Å². The summed E-state index contributed by atoms with van der Waals surface area (Å²) in [6, 6.07) is 5.12. The predicted molar refractivity (Wildman–Crippen MR) is 87.8 cm³/mol. The second-order valence-corrected chi connectivity index (χ2v) is 6.73. The number of nitrogens with zero attached hydrogens (tertiary/aromatic N) is 2. The Kier molecular flexibility index (Phi) is 4.43. The number of rotatable bonds is 4. The van der Waals surface area contributed by atoms with Crippen LogP contribution in [0.3, 0.4) is 0 Å². The zero-order valence-corrected chi connectivity index (χ0v) is 14.1. The van der Waals surface area contributed by atoms with Crippen molar-refractivity contribution in [3.8, 4) is 22.8 Å². The number of nitrogens with one attached hydrogen (secondary N) is 1. The highest BCUT2D eigenvalue weighted by atomic mass is 19.4. The molecule has 0 saturated heterocycles. The van der Waals surface area contributed by atoms with Crippen molar-refractivity contribution in [1.29, 1.82) is 0 Å². The molecule has 1 fully saturated rings. The van der Waals surface area contributed by atoms with Crippen LogP contribution >= 0.6 is 0 Å². The first-order valence-electron chi connectivity index (χ1n) is 7.95. The molecule has 1 heterocycles. The van der Waals surface area contributed by atoms with Crippen LogP contribution in [0.1, 0.15) is 25.3 Å². The predicted octanol–water partition coefficient (Wildman–Crippen LogP) is 3.38. The number of ether oxygens (including phenoxy) is 1. The summed E-state index contributed by atoms with van der Waals surface area (Å²) in [4.78, 5) is 0. The van der Waals surface area contributed by atoms with Crippen molar-refractivity contribution in [3.05, 3.63) is 29.8 Å². The molecule has 9 heteroatoms. The fraction of sp³-hybridized carbons (Fsp3) is 0.412. The maximum Gasteiger partial charge on any atom is 0.573 e. The van der Waals surface area contributed by atoms with Crippen molar-refractivity contribution < 1.29 is 28.1 Å². The number of phenolic OH excluding ortho intramolecular Hbond substituents is 1. The fourth-order valence-corrected chi connectivity index (χ4v) is 3.04. The Labute approximate surface area is 147 Å². The largest absolute Gasteiger partial charge is 0.573 e. The lowest BCUT2D eigenvalue weighted by atomic mass is 9.77. The highest BCUT2D eigenvalue weighted by molar-refractivity contribution is 5.71. The number of aliphatic hydroxyl groups is 1. The molecule has 1 saturated carbocycles. The van der Waals surface area contributed by atoms with Gasteiger partial charge in [0.05, 0.1) is 11.3 Å². The third-order valence-electron chi connectivity index (χ3n) is 4.17. The Morgan fingerprint density at radius 3 is 2.46 bits per heavy atom. The zero-order chi connectivity index (χ0) is 19.1. The van der Waals surface area contributed by atoms with E-state index in [1.165, 1.54) is 6.07 Å². The summed E-state index contributed by atoms with van der Waals surface area (Å²) in [6.45, 7) is 3.52. The lowest BCUT2D eigenvalue weighted by Gasteiger charge is -2.41. The molecule has 1 aliphatic carbocycles. The molecular formula is C17H18F3N3O3. The molecule has 0 aliphatic heterocycles. The summed E-state index contributed by atoms with van der Waals surface area (Å²) in [6.07, 6.45) is -3.61. The van der Waals surface area contributed by atoms with Crippen LogP contribution in [0.15, 0.2) is 24.3 Å². The molecule has 1 aliphatic rings. The van der Waals surface area contributed by atoms with E-state index in [1.54, 1.807) is 19.9 Å². The molecule has 0 amide bonds. The van der Waals surface area contributed by atoms with Crippen LogP contribution < -0.4 is 10.1 Å². The molecule has 1 aromatic heterocycles. The van der Waals surface area contributed by atoms with Gasteiger partial charge in [-0.1, -0.05) is 0 Å². The van der Waals surface area contributed by atoms with Crippen molar-refractivity contribution in [2.45, 2.75) is 44.7 Å². The maximum absolute atomic E-state index is 12.2. The number of hydrogen-bond donors (Lipinski definition) is 3. The van der Waals surface area contributed by atoms with Gasteiger partial charge in [0, 0.05) is 17.7 Å². The van der Waals surface area contributed by atoms with E-state index in [1.807, 2.05) is 0 Å². The van der Waals surface area contributed by atoms with Gasteiger partial charge in [-0.3, -0.25) is 0 Å². The summed E-state index contributed by atoms with van der Waals surface area (Å²) in [5, 5.41) is 31.0. The number of alkyl halides is 3. The average Bonchev–Trinajstić information content (AvgIpc) is 2.45. The monoisotopic (exact) mass is 369 g/mol. The molecule has 6 nitrogen and oxygen atoms in total. The molecule has 0 spiro atoms. The molecule has 2 aromatic rings. The SMILES string of the molecule is Cc1cc(N[C@H]2C[C@@](C)(O)C2)nnc1-c1ccc(OC(F)(F)F)cc1O.